The molecule has 8 bridgehead atoms. The van der Waals surface area contributed by atoms with Crippen molar-refractivity contribution in [3.63, 3.8) is 0 Å². The third-order valence-electron chi connectivity index (χ3n) is 9.07. The van der Waals surface area contributed by atoms with Gasteiger partial charge in [0.1, 0.15) is 0 Å². The van der Waals surface area contributed by atoms with Gasteiger partial charge in [0.15, 0.2) is 0 Å². The Hall–Kier alpha value is -5.79. The SMILES string of the molecule is Ic1ccc(-c2c3nc(c(-c4ccccc4)c4ccc([nH]4)c(-c4ccccc4)c4nc(c(-c5ccccc5)c5ccc2[nH]5)C=C4)C=C3)cc1. The van der Waals surface area contributed by atoms with Crippen LogP contribution in [0.25, 0.3) is 90.9 Å². The fourth-order valence-corrected chi connectivity index (χ4v) is 7.21. The summed E-state index contributed by atoms with van der Waals surface area (Å²) < 4.78 is 1.19. The predicted octanol–water partition coefficient (Wildman–Crippen LogP) is 11.9. The van der Waals surface area contributed by atoms with Crippen LogP contribution in [0, 0.1) is 3.57 Å². The average molecular weight is 741 g/mol. The van der Waals surface area contributed by atoms with Gasteiger partial charge in [-0.25, -0.2) is 9.97 Å². The number of aromatic nitrogens is 4. The summed E-state index contributed by atoms with van der Waals surface area (Å²) >= 11 is 2.36. The quantitative estimate of drug-likeness (QED) is 0.177. The molecular weight excluding hydrogens is 711 g/mol. The smallest absolute Gasteiger partial charge is 0.0737 e. The van der Waals surface area contributed by atoms with Crippen molar-refractivity contribution in [3.05, 3.63) is 166 Å². The molecule has 0 fully saturated rings. The van der Waals surface area contributed by atoms with E-state index in [0.29, 0.717) is 0 Å². The summed E-state index contributed by atoms with van der Waals surface area (Å²) in [6.07, 6.45) is 8.56. The minimum atomic E-state index is 0.906. The van der Waals surface area contributed by atoms with Crippen LogP contribution in [-0.2, 0) is 0 Å². The largest absolute Gasteiger partial charge is 0.354 e. The third kappa shape index (κ3) is 5.42. The Morgan fingerprint density at radius 2 is 0.612 bits per heavy atom. The van der Waals surface area contributed by atoms with Crippen LogP contribution in [0.4, 0.5) is 0 Å². The van der Waals surface area contributed by atoms with Crippen LogP contribution in [-0.4, -0.2) is 19.9 Å². The number of nitrogens with zero attached hydrogens (tertiary/aromatic N) is 2. The molecule has 4 nitrogen and oxygen atoms in total. The summed E-state index contributed by atoms with van der Waals surface area (Å²) in [6.45, 7) is 0. The molecule has 232 valence electrons. The van der Waals surface area contributed by atoms with Gasteiger partial charge < -0.3 is 9.97 Å². The number of hydrogen-bond donors (Lipinski definition) is 2. The van der Waals surface area contributed by atoms with Crippen LogP contribution in [0.2, 0.25) is 0 Å². The number of fused-ring (bicyclic) bond motifs is 8. The first-order valence-corrected chi connectivity index (χ1v) is 17.4. The van der Waals surface area contributed by atoms with E-state index in [-0.39, 0.29) is 0 Å². The molecule has 2 N–H and O–H groups in total. The molecule has 3 aromatic heterocycles. The predicted molar refractivity (Wildman–Crippen MR) is 213 cm³/mol. The van der Waals surface area contributed by atoms with E-state index in [4.69, 9.17) is 9.97 Å². The van der Waals surface area contributed by atoms with Crippen LogP contribution in [0.15, 0.2) is 140 Å². The highest BCUT2D eigenvalue weighted by molar-refractivity contribution is 14.1. The molecule has 0 saturated carbocycles. The van der Waals surface area contributed by atoms with Crippen molar-refractivity contribution >= 4 is 69.0 Å². The van der Waals surface area contributed by atoms with Gasteiger partial charge in [0.05, 0.1) is 22.8 Å². The lowest BCUT2D eigenvalue weighted by molar-refractivity contribution is 1.31. The maximum Gasteiger partial charge on any atom is 0.0737 e. The van der Waals surface area contributed by atoms with E-state index in [1.807, 2.05) is 0 Å². The summed E-state index contributed by atoms with van der Waals surface area (Å²) in [5.74, 6) is 0. The minimum Gasteiger partial charge on any atom is -0.354 e. The zero-order valence-corrected chi connectivity index (χ0v) is 28.5. The van der Waals surface area contributed by atoms with Gasteiger partial charge in [0.25, 0.3) is 0 Å². The number of H-pyrrole nitrogens is 2. The van der Waals surface area contributed by atoms with Crippen LogP contribution in [0.5, 0.6) is 0 Å². The number of aromatic amines is 2. The summed E-state index contributed by atoms with van der Waals surface area (Å²) in [6, 6.07) is 48.8. The van der Waals surface area contributed by atoms with Gasteiger partial charge in [-0.15, -0.1) is 0 Å². The second kappa shape index (κ2) is 12.3. The molecule has 5 heteroatoms. The molecule has 0 aliphatic carbocycles. The normalized spacial score (nSPS) is 12.0. The maximum atomic E-state index is 5.37. The summed E-state index contributed by atoms with van der Waals surface area (Å²) in [5, 5.41) is 0. The van der Waals surface area contributed by atoms with Crippen molar-refractivity contribution in [1.29, 1.82) is 0 Å². The van der Waals surface area contributed by atoms with Gasteiger partial charge in [-0.2, -0.15) is 0 Å². The van der Waals surface area contributed by atoms with Crippen LogP contribution < -0.4 is 0 Å². The summed E-state index contributed by atoms with van der Waals surface area (Å²) in [5.41, 5.74) is 16.2. The second-order valence-electron chi connectivity index (χ2n) is 12.1. The van der Waals surface area contributed by atoms with Crippen molar-refractivity contribution in [2.45, 2.75) is 0 Å². The van der Waals surface area contributed by atoms with E-state index in [2.05, 4.69) is 196 Å². The Bertz CT molecular complexity index is 2540. The maximum absolute atomic E-state index is 5.37. The second-order valence-corrected chi connectivity index (χ2v) is 13.4. The Morgan fingerprint density at radius 1 is 0.327 bits per heavy atom. The molecule has 2 aliphatic rings. The Balaban J connectivity index is 1.48. The van der Waals surface area contributed by atoms with Gasteiger partial charge in [-0.3, -0.25) is 0 Å². The van der Waals surface area contributed by atoms with E-state index >= 15 is 0 Å². The highest BCUT2D eigenvalue weighted by Crippen LogP contribution is 2.38. The van der Waals surface area contributed by atoms with Gasteiger partial charge >= 0.3 is 0 Å². The molecule has 0 amide bonds. The van der Waals surface area contributed by atoms with Crippen molar-refractivity contribution in [2.24, 2.45) is 0 Å². The van der Waals surface area contributed by atoms with E-state index in [1.54, 1.807) is 0 Å². The highest BCUT2D eigenvalue weighted by atomic mass is 127. The fraction of sp³-hybridized carbons (Fsp3) is 0. The first-order chi connectivity index (χ1) is 24.2. The summed E-state index contributed by atoms with van der Waals surface area (Å²) in [4.78, 5) is 18.3. The van der Waals surface area contributed by atoms with Crippen molar-refractivity contribution in [3.8, 4) is 44.5 Å². The molecule has 7 aromatic rings. The number of rotatable bonds is 4. The van der Waals surface area contributed by atoms with Gasteiger partial charge in [0, 0.05) is 47.9 Å². The Kier molecular flexibility index (Phi) is 7.39. The standard InChI is InChI=1S/C44H29IN4/c45-32-18-16-31(17-19-32)44-39-26-24-37(48-39)42(29-12-6-2-7-13-29)35-22-20-33(46-35)41(28-10-4-1-5-11-28)34-21-23-36(47-34)43(30-14-8-3-9-15-30)38-25-27-40(44)49-38/h1-27,46,49H. The van der Waals surface area contributed by atoms with E-state index in [0.717, 1.165) is 89.4 Å². The molecule has 9 rings (SSSR count). The zero-order chi connectivity index (χ0) is 32.7. The first kappa shape index (κ1) is 29.4. The molecule has 2 aliphatic heterocycles. The molecule has 5 heterocycles. The molecule has 0 radical (unpaired) electrons. The van der Waals surface area contributed by atoms with E-state index in [1.165, 1.54) is 3.57 Å². The molecule has 0 spiro atoms. The number of benzene rings is 4. The van der Waals surface area contributed by atoms with Crippen LogP contribution in [0.3, 0.4) is 0 Å². The number of hydrogen-bond acceptors (Lipinski definition) is 2. The molecular formula is C44H29IN4. The summed E-state index contributed by atoms with van der Waals surface area (Å²) in [7, 11) is 0. The van der Waals surface area contributed by atoms with Gasteiger partial charge in [-0.1, -0.05) is 103 Å². The molecule has 4 aromatic carbocycles. The van der Waals surface area contributed by atoms with Crippen molar-refractivity contribution in [1.82, 2.24) is 19.9 Å². The van der Waals surface area contributed by atoms with Gasteiger partial charge in [0.2, 0.25) is 0 Å². The molecule has 0 saturated heterocycles. The molecule has 49 heavy (non-hydrogen) atoms. The van der Waals surface area contributed by atoms with E-state index in [9.17, 15) is 0 Å². The lowest BCUT2D eigenvalue weighted by Gasteiger charge is -2.07. The lowest BCUT2D eigenvalue weighted by atomic mass is 10.0. The zero-order valence-electron chi connectivity index (χ0n) is 26.4. The molecule has 0 atom stereocenters. The molecule has 0 unspecified atom stereocenters. The Labute approximate surface area is 297 Å². The number of halogens is 1. The minimum absolute atomic E-state index is 0.906. The van der Waals surface area contributed by atoms with Crippen LogP contribution >= 0.6 is 22.6 Å². The monoisotopic (exact) mass is 740 g/mol. The third-order valence-corrected chi connectivity index (χ3v) is 9.79. The number of nitrogens with one attached hydrogen (secondary N) is 2. The first-order valence-electron chi connectivity index (χ1n) is 16.3. The van der Waals surface area contributed by atoms with Crippen LogP contribution in [0.1, 0.15) is 22.8 Å². The van der Waals surface area contributed by atoms with Gasteiger partial charge in [-0.05, 0) is 106 Å². The average Bonchev–Trinajstić information content (AvgIpc) is 3.98. The highest BCUT2D eigenvalue weighted by Gasteiger charge is 2.18. The van der Waals surface area contributed by atoms with Crippen molar-refractivity contribution < 1.29 is 0 Å². The topological polar surface area (TPSA) is 57.4 Å². The van der Waals surface area contributed by atoms with E-state index < -0.39 is 0 Å². The lowest BCUT2D eigenvalue weighted by Crippen LogP contribution is -1.89. The Morgan fingerprint density at radius 3 is 0.918 bits per heavy atom. The van der Waals surface area contributed by atoms with Crippen molar-refractivity contribution in [2.75, 3.05) is 0 Å². The fourth-order valence-electron chi connectivity index (χ4n) is 6.85.